The first-order valence-electron chi connectivity index (χ1n) is 17.8. The Labute approximate surface area is 309 Å². The molecule has 0 aromatic heterocycles. The molecule has 0 saturated carbocycles. The minimum absolute atomic E-state index is 0.532. The monoisotopic (exact) mass is 684 g/mol. The summed E-state index contributed by atoms with van der Waals surface area (Å²) in [5, 5.41) is 4.51. The first kappa shape index (κ1) is 32.1. The summed E-state index contributed by atoms with van der Waals surface area (Å²) in [5.74, 6) is 1.59. The van der Waals surface area contributed by atoms with Crippen LogP contribution in [0.15, 0.2) is 180 Å². The molecule has 0 spiro atoms. The van der Waals surface area contributed by atoms with Crippen LogP contribution in [0.4, 0.5) is 11.4 Å². The van der Waals surface area contributed by atoms with E-state index in [1.54, 1.807) is 14.2 Å². The molecule has 0 atom stereocenters. The molecule has 8 aromatic carbocycles. The van der Waals surface area contributed by atoms with E-state index in [9.17, 15) is 0 Å². The van der Waals surface area contributed by atoms with Crippen molar-refractivity contribution in [2.45, 2.75) is 5.41 Å². The summed E-state index contributed by atoms with van der Waals surface area (Å²) in [7, 11) is 3.40. The number of ether oxygens (including phenoxy) is 2. The highest BCUT2D eigenvalue weighted by Crippen LogP contribution is 2.56. The molecule has 4 heteroatoms. The Bertz CT molecular complexity index is 2500. The lowest BCUT2D eigenvalue weighted by Gasteiger charge is -2.34. The Hall–Kier alpha value is -6.78. The van der Waals surface area contributed by atoms with Gasteiger partial charge in [-0.3, -0.25) is 9.98 Å². The number of fused-ring (bicyclic) bond motifs is 5. The largest absolute Gasteiger partial charge is 0.496 e. The molecule has 0 aliphatic heterocycles. The molecule has 254 valence electrons. The van der Waals surface area contributed by atoms with Gasteiger partial charge in [0.05, 0.1) is 31.0 Å². The van der Waals surface area contributed by atoms with E-state index < -0.39 is 5.41 Å². The van der Waals surface area contributed by atoms with Crippen molar-refractivity contribution in [1.29, 1.82) is 0 Å². The van der Waals surface area contributed by atoms with Gasteiger partial charge in [-0.1, -0.05) is 133 Å². The van der Waals surface area contributed by atoms with Gasteiger partial charge in [-0.05, 0) is 91.3 Å². The normalized spacial score (nSPS) is 13.1. The van der Waals surface area contributed by atoms with E-state index in [0.29, 0.717) is 0 Å². The SMILES string of the molecule is COc1ccc2ccccc2c1C=Nc1ccc(C2(c3ccc(N=Cc4c(OC)ccc5ccccc45)cc3)c3ccccc3-c3ccccc32)cc1. The maximum absolute atomic E-state index is 5.73. The van der Waals surface area contributed by atoms with Crippen molar-refractivity contribution in [1.82, 2.24) is 0 Å². The zero-order valence-electron chi connectivity index (χ0n) is 29.5. The van der Waals surface area contributed by atoms with Crippen LogP contribution >= 0.6 is 0 Å². The van der Waals surface area contributed by atoms with Gasteiger partial charge < -0.3 is 9.47 Å². The van der Waals surface area contributed by atoms with Crippen LogP contribution < -0.4 is 9.47 Å². The number of hydrogen-bond donors (Lipinski definition) is 0. The first-order chi connectivity index (χ1) is 26.2. The van der Waals surface area contributed by atoms with Gasteiger partial charge in [-0.25, -0.2) is 0 Å². The molecule has 0 bridgehead atoms. The Morgan fingerprint density at radius 3 is 1.25 bits per heavy atom. The van der Waals surface area contributed by atoms with Crippen LogP contribution in [0.2, 0.25) is 0 Å². The van der Waals surface area contributed by atoms with Crippen LogP contribution in [0, 0.1) is 0 Å². The Balaban J connectivity index is 1.13. The smallest absolute Gasteiger partial charge is 0.128 e. The number of benzene rings is 8. The third kappa shape index (κ3) is 5.39. The fraction of sp³-hybridized carbons (Fsp3) is 0.0612. The number of methoxy groups -OCH3 is 2. The molecule has 0 heterocycles. The van der Waals surface area contributed by atoms with Crippen molar-refractivity contribution in [3.8, 4) is 22.6 Å². The van der Waals surface area contributed by atoms with Gasteiger partial charge in [-0.2, -0.15) is 0 Å². The Morgan fingerprint density at radius 1 is 0.415 bits per heavy atom. The third-order valence-electron chi connectivity index (χ3n) is 10.5. The molecule has 8 aromatic rings. The molecular formula is C49H36N2O2. The molecule has 0 amide bonds. The lowest BCUT2D eigenvalue weighted by atomic mass is 9.67. The van der Waals surface area contributed by atoms with Crippen molar-refractivity contribution in [2.75, 3.05) is 14.2 Å². The summed E-state index contributed by atoms with van der Waals surface area (Å²) in [6.07, 6.45) is 3.83. The average Bonchev–Trinajstić information content (AvgIpc) is 3.53. The summed E-state index contributed by atoms with van der Waals surface area (Å²) in [5.41, 5.74) is 10.5. The summed E-state index contributed by atoms with van der Waals surface area (Å²) in [6, 6.07) is 59.7. The van der Waals surface area contributed by atoms with E-state index in [0.717, 1.165) is 55.5 Å². The van der Waals surface area contributed by atoms with Crippen LogP contribution in [-0.2, 0) is 5.41 Å². The molecular weight excluding hydrogens is 649 g/mol. The van der Waals surface area contributed by atoms with Crippen LogP contribution in [0.3, 0.4) is 0 Å². The molecule has 4 nitrogen and oxygen atoms in total. The van der Waals surface area contributed by atoms with Gasteiger partial charge >= 0.3 is 0 Å². The van der Waals surface area contributed by atoms with Gasteiger partial charge in [0.2, 0.25) is 0 Å². The van der Waals surface area contributed by atoms with Crippen molar-refractivity contribution in [3.63, 3.8) is 0 Å². The summed E-state index contributed by atoms with van der Waals surface area (Å²) in [6.45, 7) is 0. The molecule has 0 N–H and O–H groups in total. The summed E-state index contributed by atoms with van der Waals surface area (Å²) < 4.78 is 11.5. The highest BCUT2D eigenvalue weighted by Gasteiger charge is 2.45. The number of aliphatic imine (C=N–C) groups is 2. The Morgan fingerprint density at radius 2 is 0.811 bits per heavy atom. The van der Waals surface area contributed by atoms with Crippen molar-refractivity contribution < 1.29 is 9.47 Å². The number of hydrogen-bond acceptors (Lipinski definition) is 4. The topological polar surface area (TPSA) is 43.2 Å². The summed E-state index contributed by atoms with van der Waals surface area (Å²) >= 11 is 0. The second-order valence-electron chi connectivity index (χ2n) is 13.3. The fourth-order valence-electron chi connectivity index (χ4n) is 8.07. The standard InChI is InChI=1S/C49H36N2O2/c1-52-47-29-19-33-11-3-5-13-39(33)43(47)31-50-37-25-21-35(22-26-37)49(45-17-9-7-15-41(45)42-16-8-10-18-46(42)49)36-23-27-38(28-24-36)51-32-44-40-14-6-4-12-34(40)20-30-48(44)53-2/h3-32H,1-2H3. The second kappa shape index (κ2) is 13.4. The molecule has 53 heavy (non-hydrogen) atoms. The van der Waals surface area contributed by atoms with Gasteiger partial charge in [-0.15, -0.1) is 0 Å². The van der Waals surface area contributed by atoms with E-state index in [4.69, 9.17) is 19.5 Å². The van der Waals surface area contributed by atoms with E-state index in [1.807, 2.05) is 48.8 Å². The molecule has 0 radical (unpaired) electrons. The fourth-order valence-corrected chi connectivity index (χ4v) is 8.07. The third-order valence-corrected chi connectivity index (χ3v) is 10.5. The second-order valence-corrected chi connectivity index (χ2v) is 13.3. The average molecular weight is 685 g/mol. The molecule has 1 aliphatic carbocycles. The molecule has 0 fully saturated rings. The maximum atomic E-state index is 5.73. The van der Waals surface area contributed by atoms with Crippen LogP contribution in [0.1, 0.15) is 33.4 Å². The predicted octanol–water partition coefficient (Wildman–Crippen LogP) is 11.9. The van der Waals surface area contributed by atoms with Gasteiger partial charge in [0.1, 0.15) is 11.5 Å². The van der Waals surface area contributed by atoms with E-state index in [1.165, 1.54) is 33.4 Å². The molecule has 1 aliphatic rings. The highest BCUT2D eigenvalue weighted by atomic mass is 16.5. The van der Waals surface area contributed by atoms with Gasteiger partial charge in [0.25, 0.3) is 0 Å². The number of rotatable bonds is 8. The van der Waals surface area contributed by atoms with Crippen LogP contribution in [0.5, 0.6) is 11.5 Å². The quantitative estimate of drug-likeness (QED) is 0.150. The minimum atomic E-state index is -0.532. The van der Waals surface area contributed by atoms with E-state index in [-0.39, 0.29) is 0 Å². The van der Waals surface area contributed by atoms with E-state index in [2.05, 4.69) is 133 Å². The predicted molar refractivity (Wildman–Crippen MR) is 219 cm³/mol. The van der Waals surface area contributed by atoms with E-state index >= 15 is 0 Å². The molecule has 0 saturated heterocycles. The van der Waals surface area contributed by atoms with Crippen molar-refractivity contribution >= 4 is 45.3 Å². The highest BCUT2D eigenvalue weighted by molar-refractivity contribution is 6.04. The molecule has 9 rings (SSSR count). The Kier molecular flexibility index (Phi) is 8.13. The summed E-state index contributed by atoms with van der Waals surface area (Å²) in [4.78, 5) is 9.89. The maximum Gasteiger partial charge on any atom is 0.128 e. The molecule has 0 unspecified atom stereocenters. The lowest BCUT2D eigenvalue weighted by molar-refractivity contribution is 0.414. The van der Waals surface area contributed by atoms with Gasteiger partial charge in [0.15, 0.2) is 0 Å². The number of nitrogens with zero attached hydrogens (tertiary/aromatic N) is 2. The minimum Gasteiger partial charge on any atom is -0.496 e. The lowest BCUT2D eigenvalue weighted by Crippen LogP contribution is -2.28. The van der Waals surface area contributed by atoms with Crippen molar-refractivity contribution in [2.24, 2.45) is 9.98 Å². The van der Waals surface area contributed by atoms with Crippen molar-refractivity contribution in [3.05, 3.63) is 203 Å². The first-order valence-corrected chi connectivity index (χ1v) is 17.8. The van der Waals surface area contributed by atoms with Crippen LogP contribution in [0.25, 0.3) is 32.7 Å². The van der Waals surface area contributed by atoms with Crippen LogP contribution in [-0.4, -0.2) is 26.6 Å². The zero-order chi connectivity index (χ0) is 35.8. The van der Waals surface area contributed by atoms with Gasteiger partial charge in [0, 0.05) is 23.6 Å². The zero-order valence-corrected chi connectivity index (χ0v) is 29.5.